The van der Waals surface area contributed by atoms with Crippen LogP contribution in [-0.2, 0) is 5.75 Å². The van der Waals surface area contributed by atoms with Crippen LogP contribution in [-0.4, -0.2) is 15.2 Å². The second kappa shape index (κ2) is 6.35. The molecule has 0 fully saturated rings. The average Bonchev–Trinajstić information content (AvgIpc) is 2.41. The quantitative estimate of drug-likeness (QED) is 0.823. The standard InChI is InChI=1S/C15H18N2S2/c1-10(2)19-9-13-16-14(11(3)15(18)17-13)12-7-5-4-6-8-12/h4-8,10H,9H2,1-3H3,(H,16,17,18). The molecule has 2 nitrogen and oxygen atoms in total. The van der Waals surface area contributed by atoms with Gasteiger partial charge in [-0.3, -0.25) is 0 Å². The molecule has 0 amide bonds. The molecule has 0 bridgehead atoms. The Hall–Kier alpha value is -1.13. The minimum Gasteiger partial charge on any atom is -0.342 e. The van der Waals surface area contributed by atoms with E-state index < -0.39 is 0 Å². The Bertz CT molecular complexity index is 603. The lowest BCUT2D eigenvalue weighted by molar-refractivity contribution is 0.999. The summed E-state index contributed by atoms with van der Waals surface area (Å²) < 4.78 is 0.692. The lowest BCUT2D eigenvalue weighted by Gasteiger charge is -2.10. The number of nitrogens with zero attached hydrogens (tertiary/aromatic N) is 1. The van der Waals surface area contributed by atoms with Crippen molar-refractivity contribution >= 4 is 24.0 Å². The number of benzene rings is 1. The van der Waals surface area contributed by atoms with Gasteiger partial charge in [-0.2, -0.15) is 11.8 Å². The third kappa shape index (κ3) is 3.67. The van der Waals surface area contributed by atoms with Crippen LogP contribution in [0.3, 0.4) is 0 Å². The van der Waals surface area contributed by atoms with Gasteiger partial charge in [0.2, 0.25) is 0 Å². The van der Waals surface area contributed by atoms with Crippen LogP contribution in [0.5, 0.6) is 0 Å². The maximum absolute atomic E-state index is 5.37. The molecule has 0 saturated carbocycles. The Morgan fingerprint density at radius 3 is 2.58 bits per heavy atom. The first-order valence-corrected chi connectivity index (χ1v) is 7.80. The fourth-order valence-corrected chi connectivity index (χ4v) is 2.63. The van der Waals surface area contributed by atoms with E-state index in [1.807, 2.05) is 36.9 Å². The van der Waals surface area contributed by atoms with E-state index in [-0.39, 0.29) is 0 Å². The van der Waals surface area contributed by atoms with Gasteiger partial charge in [-0.25, -0.2) is 4.98 Å². The van der Waals surface area contributed by atoms with E-state index in [0.717, 1.165) is 28.4 Å². The molecule has 0 aliphatic rings. The summed E-state index contributed by atoms with van der Waals surface area (Å²) in [5.74, 6) is 1.81. The predicted molar refractivity (Wildman–Crippen MR) is 86.0 cm³/mol. The van der Waals surface area contributed by atoms with Gasteiger partial charge in [-0.1, -0.05) is 56.4 Å². The fourth-order valence-electron chi connectivity index (χ4n) is 1.79. The van der Waals surface area contributed by atoms with Gasteiger partial charge >= 0.3 is 0 Å². The van der Waals surface area contributed by atoms with Gasteiger partial charge in [0.05, 0.1) is 11.4 Å². The van der Waals surface area contributed by atoms with Crippen molar-refractivity contribution in [2.75, 3.05) is 0 Å². The number of aromatic amines is 1. The Morgan fingerprint density at radius 1 is 1.26 bits per heavy atom. The van der Waals surface area contributed by atoms with E-state index in [1.54, 1.807) is 0 Å². The molecular weight excluding hydrogens is 272 g/mol. The summed E-state index contributed by atoms with van der Waals surface area (Å²) in [6.45, 7) is 6.39. The van der Waals surface area contributed by atoms with Crippen molar-refractivity contribution in [2.45, 2.75) is 31.8 Å². The van der Waals surface area contributed by atoms with Crippen molar-refractivity contribution in [2.24, 2.45) is 0 Å². The molecule has 100 valence electrons. The molecule has 2 rings (SSSR count). The summed E-state index contributed by atoms with van der Waals surface area (Å²) in [6.07, 6.45) is 0. The lowest BCUT2D eigenvalue weighted by atomic mass is 10.1. The summed E-state index contributed by atoms with van der Waals surface area (Å²) in [7, 11) is 0. The summed E-state index contributed by atoms with van der Waals surface area (Å²) in [6, 6.07) is 10.3. The zero-order chi connectivity index (χ0) is 13.8. The summed E-state index contributed by atoms with van der Waals surface area (Å²) in [4.78, 5) is 7.90. The van der Waals surface area contributed by atoms with E-state index in [4.69, 9.17) is 12.2 Å². The van der Waals surface area contributed by atoms with Gasteiger partial charge in [0.15, 0.2) is 0 Å². The van der Waals surface area contributed by atoms with Crippen LogP contribution in [0.2, 0.25) is 0 Å². The molecular formula is C15H18N2S2. The van der Waals surface area contributed by atoms with Crippen LogP contribution < -0.4 is 0 Å². The second-order valence-electron chi connectivity index (χ2n) is 4.71. The third-order valence-corrected chi connectivity index (χ3v) is 4.32. The molecule has 1 aromatic heterocycles. The van der Waals surface area contributed by atoms with E-state index in [9.17, 15) is 0 Å². The largest absolute Gasteiger partial charge is 0.342 e. The first-order chi connectivity index (χ1) is 9.08. The Kier molecular flexibility index (Phi) is 4.77. The lowest BCUT2D eigenvalue weighted by Crippen LogP contribution is -2.01. The number of nitrogens with one attached hydrogen (secondary N) is 1. The van der Waals surface area contributed by atoms with Crippen molar-refractivity contribution < 1.29 is 0 Å². The van der Waals surface area contributed by atoms with Gasteiger partial charge in [-0.05, 0) is 17.7 Å². The number of aromatic nitrogens is 2. The van der Waals surface area contributed by atoms with E-state index >= 15 is 0 Å². The molecule has 19 heavy (non-hydrogen) atoms. The molecule has 1 N–H and O–H groups in total. The molecule has 0 saturated heterocycles. The van der Waals surface area contributed by atoms with Gasteiger partial charge in [0.25, 0.3) is 0 Å². The molecule has 4 heteroatoms. The SMILES string of the molecule is Cc1c(-c2ccccc2)[nH]c(CSC(C)C)nc1=S. The van der Waals surface area contributed by atoms with Crippen LogP contribution in [0.1, 0.15) is 25.2 Å². The monoisotopic (exact) mass is 290 g/mol. The molecule has 0 aliphatic heterocycles. The predicted octanol–water partition coefficient (Wildman–Crippen LogP) is 4.76. The van der Waals surface area contributed by atoms with Gasteiger partial charge in [0, 0.05) is 5.56 Å². The van der Waals surface area contributed by atoms with Gasteiger partial charge in [-0.15, -0.1) is 0 Å². The number of thioether (sulfide) groups is 1. The summed E-state index contributed by atoms with van der Waals surface area (Å²) in [5, 5.41) is 0.588. The molecule has 0 spiro atoms. The highest BCUT2D eigenvalue weighted by Gasteiger charge is 2.07. The first-order valence-electron chi connectivity index (χ1n) is 6.34. The molecule has 0 unspecified atom stereocenters. The van der Waals surface area contributed by atoms with Crippen molar-refractivity contribution in [1.29, 1.82) is 0 Å². The highest BCUT2D eigenvalue weighted by molar-refractivity contribution is 7.99. The summed E-state index contributed by atoms with van der Waals surface area (Å²) in [5.41, 5.74) is 3.28. The maximum Gasteiger partial charge on any atom is 0.133 e. The van der Waals surface area contributed by atoms with Crippen molar-refractivity contribution in [3.63, 3.8) is 0 Å². The Labute approximate surface area is 123 Å². The molecule has 1 aromatic carbocycles. The first kappa shape index (κ1) is 14.3. The zero-order valence-corrected chi connectivity index (χ0v) is 13.1. The highest BCUT2D eigenvalue weighted by atomic mass is 32.2. The molecule has 0 atom stereocenters. The topological polar surface area (TPSA) is 28.7 Å². The smallest absolute Gasteiger partial charge is 0.133 e. The number of hydrogen-bond acceptors (Lipinski definition) is 3. The van der Waals surface area contributed by atoms with Crippen LogP contribution in [0.15, 0.2) is 30.3 Å². The Morgan fingerprint density at radius 2 is 1.95 bits per heavy atom. The van der Waals surface area contributed by atoms with Crippen molar-refractivity contribution in [3.05, 3.63) is 46.4 Å². The van der Waals surface area contributed by atoms with E-state index in [2.05, 4.69) is 35.9 Å². The van der Waals surface area contributed by atoms with Crippen LogP contribution in [0, 0.1) is 11.6 Å². The molecule has 2 aromatic rings. The van der Waals surface area contributed by atoms with Crippen molar-refractivity contribution in [3.8, 4) is 11.3 Å². The third-order valence-electron chi connectivity index (χ3n) is 2.82. The van der Waals surface area contributed by atoms with Crippen molar-refractivity contribution in [1.82, 2.24) is 9.97 Å². The van der Waals surface area contributed by atoms with Crippen LogP contribution in [0.4, 0.5) is 0 Å². The van der Waals surface area contributed by atoms with Crippen LogP contribution in [0.25, 0.3) is 11.3 Å². The zero-order valence-electron chi connectivity index (χ0n) is 11.4. The normalized spacial score (nSPS) is 10.9. The van der Waals surface area contributed by atoms with Crippen LogP contribution >= 0.6 is 24.0 Å². The average molecular weight is 290 g/mol. The molecule has 0 aliphatic carbocycles. The van der Waals surface area contributed by atoms with Gasteiger partial charge in [0.1, 0.15) is 10.5 Å². The number of rotatable bonds is 4. The van der Waals surface area contributed by atoms with Gasteiger partial charge < -0.3 is 4.98 Å². The minimum atomic E-state index is 0.588. The Balaban J connectivity index is 2.41. The fraction of sp³-hybridized carbons (Fsp3) is 0.333. The molecule has 1 heterocycles. The molecule has 0 radical (unpaired) electrons. The maximum atomic E-state index is 5.37. The summed E-state index contributed by atoms with van der Waals surface area (Å²) >= 11 is 7.23. The van der Waals surface area contributed by atoms with E-state index in [0.29, 0.717) is 9.89 Å². The van der Waals surface area contributed by atoms with E-state index in [1.165, 1.54) is 0 Å². The minimum absolute atomic E-state index is 0.588. The second-order valence-corrected chi connectivity index (χ2v) is 6.67. The number of H-pyrrole nitrogens is 1. The number of hydrogen-bond donors (Lipinski definition) is 1. The highest BCUT2D eigenvalue weighted by Crippen LogP contribution is 2.23.